The standard InChI is InChI=1S/C31H28N2O8S/c1-6-40-30(36)26-17(2)32-31-33(27(26)22-15-18(37-3)11-13-23(22)38-4)28(34)25(42-31)16-19-12-14-24(41-19)20-9-7-8-10-21(20)29(35)39-5/h7-16,27H,6H2,1-5H3/b25-16-. The van der Waals surface area contributed by atoms with Crippen molar-refractivity contribution in [3.63, 3.8) is 0 Å². The Hall–Kier alpha value is -4.90. The minimum absolute atomic E-state index is 0.155. The van der Waals surface area contributed by atoms with Crippen molar-refractivity contribution in [1.82, 2.24) is 4.57 Å². The third kappa shape index (κ3) is 5.14. The summed E-state index contributed by atoms with van der Waals surface area (Å²) in [5.74, 6) is 0.759. The van der Waals surface area contributed by atoms with Crippen LogP contribution in [0.2, 0.25) is 0 Å². The van der Waals surface area contributed by atoms with Gasteiger partial charge in [0.2, 0.25) is 0 Å². The number of nitrogens with zero attached hydrogens (tertiary/aromatic N) is 2. The van der Waals surface area contributed by atoms with Crippen LogP contribution < -0.4 is 24.4 Å². The van der Waals surface area contributed by atoms with Crippen LogP contribution in [0, 0.1) is 0 Å². The number of ether oxygens (including phenoxy) is 4. The molecule has 0 saturated carbocycles. The SMILES string of the molecule is CCOC(=O)C1=C(C)N=c2s/c(=C\c3ccc(-c4ccccc4C(=O)OC)o3)c(=O)n2C1c1cc(OC)ccc1OC. The van der Waals surface area contributed by atoms with E-state index in [9.17, 15) is 14.4 Å². The highest BCUT2D eigenvalue weighted by atomic mass is 32.1. The van der Waals surface area contributed by atoms with Gasteiger partial charge in [-0.2, -0.15) is 0 Å². The summed E-state index contributed by atoms with van der Waals surface area (Å²) < 4.78 is 29.2. The molecule has 2 aromatic heterocycles. The van der Waals surface area contributed by atoms with Crippen molar-refractivity contribution < 1.29 is 33.0 Å². The number of thiazole rings is 1. The molecule has 2 aromatic carbocycles. The van der Waals surface area contributed by atoms with Gasteiger partial charge in [0, 0.05) is 17.2 Å². The maximum atomic E-state index is 14.0. The number of methoxy groups -OCH3 is 3. The Morgan fingerprint density at radius 2 is 1.83 bits per heavy atom. The van der Waals surface area contributed by atoms with Crippen molar-refractivity contribution in [2.24, 2.45) is 4.99 Å². The van der Waals surface area contributed by atoms with Gasteiger partial charge in [-0.25, -0.2) is 14.6 Å². The number of benzene rings is 2. The van der Waals surface area contributed by atoms with Crippen molar-refractivity contribution in [1.29, 1.82) is 0 Å². The summed E-state index contributed by atoms with van der Waals surface area (Å²) in [7, 11) is 4.36. The minimum atomic E-state index is -0.883. The first-order valence-corrected chi connectivity index (χ1v) is 13.8. The van der Waals surface area contributed by atoms with Crippen LogP contribution in [-0.2, 0) is 14.3 Å². The number of hydrogen-bond donors (Lipinski definition) is 0. The van der Waals surface area contributed by atoms with E-state index in [1.165, 1.54) is 25.9 Å². The summed E-state index contributed by atoms with van der Waals surface area (Å²) in [5, 5.41) is 0. The molecule has 0 fully saturated rings. The van der Waals surface area contributed by atoms with E-state index in [-0.39, 0.29) is 17.7 Å². The lowest BCUT2D eigenvalue weighted by Gasteiger charge is -2.26. The average Bonchev–Trinajstić information content (AvgIpc) is 3.59. The van der Waals surface area contributed by atoms with Crippen molar-refractivity contribution in [2.75, 3.05) is 27.9 Å². The highest BCUT2D eigenvalue weighted by molar-refractivity contribution is 7.07. The molecule has 1 atom stereocenters. The predicted octanol–water partition coefficient (Wildman–Crippen LogP) is 3.86. The lowest BCUT2D eigenvalue weighted by atomic mass is 9.95. The molecule has 11 heteroatoms. The monoisotopic (exact) mass is 588 g/mol. The molecule has 4 aromatic rings. The number of furan rings is 1. The van der Waals surface area contributed by atoms with E-state index in [1.807, 2.05) is 0 Å². The normalized spacial score (nSPS) is 14.7. The van der Waals surface area contributed by atoms with E-state index in [0.29, 0.717) is 54.7 Å². The van der Waals surface area contributed by atoms with E-state index >= 15 is 0 Å². The average molecular weight is 589 g/mol. The topological polar surface area (TPSA) is 119 Å². The molecule has 1 unspecified atom stereocenters. The van der Waals surface area contributed by atoms with Crippen LogP contribution in [-0.4, -0.2) is 44.4 Å². The van der Waals surface area contributed by atoms with Gasteiger partial charge in [-0.3, -0.25) is 9.36 Å². The number of hydrogen-bond acceptors (Lipinski definition) is 10. The highest BCUT2D eigenvalue weighted by Crippen LogP contribution is 2.38. The summed E-state index contributed by atoms with van der Waals surface area (Å²) in [6.45, 7) is 3.58. The fourth-order valence-corrected chi connectivity index (χ4v) is 5.86. The molecule has 0 aliphatic carbocycles. The Balaban J connectivity index is 1.67. The maximum absolute atomic E-state index is 14.0. The number of aromatic nitrogens is 1. The van der Waals surface area contributed by atoms with E-state index in [1.54, 1.807) is 74.5 Å². The molecule has 1 aliphatic heterocycles. The molecule has 216 valence electrons. The summed E-state index contributed by atoms with van der Waals surface area (Å²) in [6.07, 6.45) is 1.61. The number of carbonyl (C=O) groups excluding carboxylic acids is 2. The minimum Gasteiger partial charge on any atom is -0.497 e. The molecule has 0 radical (unpaired) electrons. The van der Waals surface area contributed by atoms with E-state index in [4.69, 9.17) is 23.4 Å². The van der Waals surface area contributed by atoms with Crippen LogP contribution in [0.15, 0.2) is 80.1 Å². The number of allylic oxidation sites excluding steroid dienone is 1. The van der Waals surface area contributed by atoms with Gasteiger partial charge in [0.15, 0.2) is 4.80 Å². The van der Waals surface area contributed by atoms with Gasteiger partial charge in [-0.05, 0) is 50.2 Å². The second-order valence-corrected chi connectivity index (χ2v) is 10.2. The van der Waals surface area contributed by atoms with Gasteiger partial charge in [0.05, 0.1) is 49.3 Å². The summed E-state index contributed by atoms with van der Waals surface area (Å²) >= 11 is 1.16. The molecule has 0 bridgehead atoms. The zero-order valence-electron chi connectivity index (χ0n) is 23.6. The van der Waals surface area contributed by atoms with Gasteiger partial charge in [-0.1, -0.05) is 29.5 Å². The van der Waals surface area contributed by atoms with Gasteiger partial charge in [-0.15, -0.1) is 0 Å². The van der Waals surface area contributed by atoms with E-state index in [0.717, 1.165) is 11.3 Å². The summed E-state index contributed by atoms with van der Waals surface area (Å²) in [5.41, 5.74) is 1.73. The molecule has 10 nitrogen and oxygen atoms in total. The smallest absolute Gasteiger partial charge is 0.338 e. The lowest BCUT2D eigenvalue weighted by Crippen LogP contribution is -2.40. The Labute approximate surface area is 244 Å². The molecule has 0 N–H and O–H groups in total. The maximum Gasteiger partial charge on any atom is 0.338 e. The first-order valence-electron chi connectivity index (χ1n) is 13.0. The Morgan fingerprint density at radius 1 is 1.05 bits per heavy atom. The lowest BCUT2D eigenvalue weighted by molar-refractivity contribution is -0.139. The molecule has 1 aliphatic rings. The van der Waals surface area contributed by atoms with Crippen molar-refractivity contribution in [2.45, 2.75) is 19.9 Å². The second-order valence-electron chi connectivity index (χ2n) is 9.15. The third-order valence-electron chi connectivity index (χ3n) is 6.75. The zero-order chi connectivity index (χ0) is 30.0. The quantitative estimate of drug-likeness (QED) is 0.285. The molecule has 5 rings (SSSR count). The number of fused-ring (bicyclic) bond motifs is 1. The zero-order valence-corrected chi connectivity index (χ0v) is 24.4. The Morgan fingerprint density at radius 3 is 2.55 bits per heavy atom. The molecule has 0 saturated heterocycles. The molecule has 3 heterocycles. The first-order chi connectivity index (χ1) is 20.3. The van der Waals surface area contributed by atoms with Crippen molar-refractivity contribution in [3.05, 3.63) is 102 Å². The third-order valence-corrected chi connectivity index (χ3v) is 7.73. The van der Waals surface area contributed by atoms with E-state index < -0.39 is 18.0 Å². The first kappa shape index (κ1) is 28.6. The molecule has 0 amide bonds. The van der Waals surface area contributed by atoms with Gasteiger partial charge in [0.25, 0.3) is 5.56 Å². The Bertz CT molecular complexity index is 1900. The van der Waals surface area contributed by atoms with Gasteiger partial charge >= 0.3 is 11.9 Å². The summed E-state index contributed by atoms with van der Waals surface area (Å²) in [4.78, 5) is 44.5. The van der Waals surface area contributed by atoms with Gasteiger partial charge < -0.3 is 23.4 Å². The summed E-state index contributed by atoms with van der Waals surface area (Å²) in [6, 6.07) is 14.7. The van der Waals surface area contributed by atoms with Gasteiger partial charge in [0.1, 0.15) is 29.1 Å². The fraction of sp³-hybridized carbons (Fsp3) is 0.226. The van der Waals surface area contributed by atoms with E-state index in [2.05, 4.69) is 4.99 Å². The van der Waals surface area contributed by atoms with Crippen LogP contribution >= 0.6 is 11.3 Å². The number of esters is 2. The highest BCUT2D eigenvalue weighted by Gasteiger charge is 2.35. The largest absolute Gasteiger partial charge is 0.497 e. The van der Waals surface area contributed by atoms with Crippen LogP contribution in [0.3, 0.4) is 0 Å². The van der Waals surface area contributed by atoms with Crippen molar-refractivity contribution >= 4 is 29.4 Å². The second kappa shape index (κ2) is 11.9. The molecular weight excluding hydrogens is 560 g/mol. The van der Waals surface area contributed by atoms with Crippen LogP contribution in [0.5, 0.6) is 11.5 Å². The molecule has 0 spiro atoms. The molecular formula is C31H28N2O8S. The predicted molar refractivity (Wildman–Crippen MR) is 155 cm³/mol. The van der Waals surface area contributed by atoms with Crippen LogP contribution in [0.1, 0.15) is 41.6 Å². The number of rotatable bonds is 8. The van der Waals surface area contributed by atoms with Crippen LogP contribution in [0.25, 0.3) is 17.4 Å². The fourth-order valence-electron chi connectivity index (χ4n) is 4.83. The van der Waals surface area contributed by atoms with Crippen LogP contribution in [0.4, 0.5) is 0 Å². The molecule has 42 heavy (non-hydrogen) atoms. The van der Waals surface area contributed by atoms with Crippen molar-refractivity contribution in [3.8, 4) is 22.8 Å². The number of carbonyl (C=O) groups is 2. The Kier molecular flexibility index (Phi) is 8.12.